The summed E-state index contributed by atoms with van der Waals surface area (Å²) in [6, 6.07) is 9.86. The molecule has 2 heterocycles. The third-order valence-corrected chi connectivity index (χ3v) is 3.90. The first-order valence-electron chi connectivity index (χ1n) is 8.36. The summed E-state index contributed by atoms with van der Waals surface area (Å²) in [5.41, 5.74) is 8.58. The zero-order chi connectivity index (χ0) is 19.2. The summed E-state index contributed by atoms with van der Waals surface area (Å²) < 4.78 is 0. The van der Waals surface area contributed by atoms with E-state index in [-0.39, 0.29) is 0 Å². The second-order valence-corrected chi connectivity index (χ2v) is 6.11. The standard InChI is InChI=1S/C19H21N7O/c1-26(2)14-5-3-4-13(8-14)10-23-16-9-17(24-11-15(16)19(20)27)25-18-12-21-6-7-22-18/h3-9,11-12H,10H2,1-2H3,(H2,20,27)(H2,22,23,24,25). The van der Waals surface area contributed by atoms with Gasteiger partial charge in [-0.1, -0.05) is 12.1 Å². The van der Waals surface area contributed by atoms with E-state index in [9.17, 15) is 4.79 Å². The lowest BCUT2D eigenvalue weighted by Crippen LogP contribution is -2.15. The molecule has 0 fully saturated rings. The number of pyridine rings is 1. The van der Waals surface area contributed by atoms with Crippen molar-refractivity contribution in [3.63, 3.8) is 0 Å². The number of hydrogen-bond donors (Lipinski definition) is 3. The minimum absolute atomic E-state index is 0.323. The van der Waals surface area contributed by atoms with Crippen LogP contribution in [0.4, 0.5) is 23.0 Å². The number of nitrogens with two attached hydrogens (primary N) is 1. The Balaban J connectivity index is 1.81. The molecule has 0 saturated heterocycles. The maximum Gasteiger partial charge on any atom is 0.252 e. The van der Waals surface area contributed by atoms with E-state index in [1.54, 1.807) is 24.7 Å². The van der Waals surface area contributed by atoms with Crippen molar-refractivity contribution in [2.24, 2.45) is 5.73 Å². The van der Waals surface area contributed by atoms with Gasteiger partial charge in [-0.05, 0) is 17.7 Å². The van der Waals surface area contributed by atoms with Crippen LogP contribution in [0.1, 0.15) is 15.9 Å². The van der Waals surface area contributed by atoms with Gasteiger partial charge in [0.15, 0.2) is 0 Å². The van der Waals surface area contributed by atoms with Crippen LogP contribution in [0.5, 0.6) is 0 Å². The minimum Gasteiger partial charge on any atom is -0.380 e. The van der Waals surface area contributed by atoms with Gasteiger partial charge in [0.1, 0.15) is 11.6 Å². The average Bonchev–Trinajstić information content (AvgIpc) is 2.67. The van der Waals surface area contributed by atoms with Crippen molar-refractivity contribution in [1.82, 2.24) is 15.0 Å². The number of carbonyl (C=O) groups is 1. The van der Waals surface area contributed by atoms with Crippen molar-refractivity contribution >= 4 is 28.9 Å². The molecule has 1 amide bonds. The van der Waals surface area contributed by atoms with Crippen LogP contribution in [-0.2, 0) is 6.54 Å². The highest BCUT2D eigenvalue weighted by atomic mass is 16.1. The number of hydrogen-bond acceptors (Lipinski definition) is 7. The topological polar surface area (TPSA) is 109 Å². The van der Waals surface area contributed by atoms with Crippen LogP contribution < -0.4 is 21.3 Å². The molecule has 8 nitrogen and oxygen atoms in total. The fourth-order valence-electron chi connectivity index (χ4n) is 2.50. The summed E-state index contributed by atoms with van der Waals surface area (Å²) in [6.07, 6.45) is 6.20. The van der Waals surface area contributed by atoms with E-state index >= 15 is 0 Å². The Hall–Kier alpha value is -3.68. The first-order chi connectivity index (χ1) is 13.0. The van der Waals surface area contributed by atoms with Crippen LogP contribution in [0, 0.1) is 0 Å². The Labute approximate surface area is 157 Å². The number of benzene rings is 1. The normalized spacial score (nSPS) is 10.3. The molecule has 0 bridgehead atoms. The van der Waals surface area contributed by atoms with Crippen molar-refractivity contribution < 1.29 is 4.79 Å². The quantitative estimate of drug-likeness (QED) is 0.591. The summed E-state index contributed by atoms with van der Waals surface area (Å²) in [5, 5.41) is 6.32. The van der Waals surface area contributed by atoms with Gasteiger partial charge in [0.25, 0.3) is 5.91 Å². The number of nitrogens with one attached hydrogen (secondary N) is 2. The van der Waals surface area contributed by atoms with Crippen LogP contribution in [0.25, 0.3) is 0 Å². The third-order valence-electron chi connectivity index (χ3n) is 3.90. The van der Waals surface area contributed by atoms with Crippen molar-refractivity contribution in [1.29, 1.82) is 0 Å². The average molecular weight is 363 g/mol. The molecule has 0 unspecified atom stereocenters. The predicted molar refractivity (Wildman–Crippen MR) is 106 cm³/mol. The third kappa shape index (κ3) is 4.69. The highest BCUT2D eigenvalue weighted by Crippen LogP contribution is 2.22. The molecule has 3 aromatic rings. The molecule has 8 heteroatoms. The molecule has 0 aliphatic rings. The monoisotopic (exact) mass is 363 g/mol. The molecule has 2 aromatic heterocycles. The lowest BCUT2D eigenvalue weighted by Gasteiger charge is -2.15. The van der Waals surface area contributed by atoms with E-state index in [1.807, 2.05) is 37.2 Å². The van der Waals surface area contributed by atoms with E-state index in [0.717, 1.165) is 11.3 Å². The van der Waals surface area contributed by atoms with Gasteiger partial charge in [0.2, 0.25) is 0 Å². The summed E-state index contributed by atoms with van der Waals surface area (Å²) in [7, 11) is 3.98. The molecule has 0 aliphatic carbocycles. The molecule has 0 saturated carbocycles. The predicted octanol–water partition coefficient (Wildman–Crippen LogP) is 2.39. The molecular weight excluding hydrogens is 342 g/mol. The summed E-state index contributed by atoms with van der Waals surface area (Å²) >= 11 is 0. The van der Waals surface area contributed by atoms with E-state index in [1.165, 1.54) is 6.20 Å². The molecule has 138 valence electrons. The lowest BCUT2D eigenvalue weighted by molar-refractivity contribution is 0.100. The number of rotatable bonds is 7. The zero-order valence-electron chi connectivity index (χ0n) is 15.2. The number of nitrogens with zero attached hydrogens (tertiary/aromatic N) is 4. The van der Waals surface area contributed by atoms with Gasteiger partial charge in [0, 0.05) is 51.0 Å². The molecule has 4 N–H and O–H groups in total. The van der Waals surface area contributed by atoms with Gasteiger partial charge in [-0.2, -0.15) is 0 Å². The molecular formula is C19H21N7O. The molecule has 0 spiro atoms. The van der Waals surface area contributed by atoms with Gasteiger partial charge in [-0.15, -0.1) is 0 Å². The van der Waals surface area contributed by atoms with Crippen molar-refractivity contribution in [2.45, 2.75) is 6.54 Å². The second-order valence-electron chi connectivity index (χ2n) is 6.11. The SMILES string of the molecule is CN(C)c1cccc(CNc2cc(Nc3cnccn3)ncc2C(N)=O)c1. The molecule has 3 rings (SSSR count). The van der Waals surface area contributed by atoms with Gasteiger partial charge in [-0.3, -0.25) is 9.78 Å². The van der Waals surface area contributed by atoms with Gasteiger partial charge < -0.3 is 21.3 Å². The largest absolute Gasteiger partial charge is 0.380 e. The van der Waals surface area contributed by atoms with Crippen LogP contribution in [-0.4, -0.2) is 35.0 Å². The Morgan fingerprint density at radius 2 is 1.96 bits per heavy atom. The summed E-state index contributed by atoms with van der Waals surface area (Å²) in [6.45, 7) is 0.538. The summed E-state index contributed by atoms with van der Waals surface area (Å²) in [4.78, 5) is 26.1. The maximum absolute atomic E-state index is 11.7. The number of amides is 1. The van der Waals surface area contributed by atoms with Gasteiger partial charge in [0.05, 0.1) is 17.4 Å². The fourth-order valence-corrected chi connectivity index (χ4v) is 2.50. The van der Waals surface area contributed by atoms with E-state index in [2.05, 4.69) is 31.7 Å². The van der Waals surface area contributed by atoms with Crippen molar-refractivity contribution in [3.05, 3.63) is 66.2 Å². The summed E-state index contributed by atoms with van der Waals surface area (Å²) in [5.74, 6) is 0.546. The van der Waals surface area contributed by atoms with E-state index in [4.69, 9.17) is 5.73 Å². The first-order valence-corrected chi connectivity index (χ1v) is 8.36. The highest BCUT2D eigenvalue weighted by molar-refractivity contribution is 5.98. The molecule has 27 heavy (non-hydrogen) atoms. The number of primary amides is 1. The Bertz CT molecular complexity index is 928. The maximum atomic E-state index is 11.7. The van der Waals surface area contributed by atoms with E-state index < -0.39 is 5.91 Å². The van der Waals surface area contributed by atoms with Crippen LogP contribution in [0.3, 0.4) is 0 Å². The van der Waals surface area contributed by atoms with Gasteiger partial charge >= 0.3 is 0 Å². The zero-order valence-corrected chi connectivity index (χ0v) is 15.2. The molecule has 0 aliphatic heterocycles. The second kappa shape index (κ2) is 8.13. The van der Waals surface area contributed by atoms with Crippen molar-refractivity contribution in [2.75, 3.05) is 29.6 Å². The Kier molecular flexibility index (Phi) is 5.46. The van der Waals surface area contributed by atoms with Crippen LogP contribution >= 0.6 is 0 Å². The Morgan fingerprint density at radius 1 is 1.11 bits per heavy atom. The molecule has 1 aromatic carbocycles. The minimum atomic E-state index is -0.543. The highest BCUT2D eigenvalue weighted by Gasteiger charge is 2.11. The van der Waals surface area contributed by atoms with Crippen LogP contribution in [0.15, 0.2) is 55.1 Å². The molecule has 0 atom stereocenters. The lowest BCUT2D eigenvalue weighted by atomic mass is 10.1. The molecule has 0 radical (unpaired) electrons. The Morgan fingerprint density at radius 3 is 2.67 bits per heavy atom. The van der Waals surface area contributed by atoms with Gasteiger partial charge in [-0.25, -0.2) is 9.97 Å². The number of carbonyl (C=O) groups excluding carboxylic acids is 1. The van der Waals surface area contributed by atoms with Crippen molar-refractivity contribution in [3.8, 4) is 0 Å². The number of anilines is 4. The fraction of sp³-hybridized carbons (Fsp3) is 0.158. The van der Waals surface area contributed by atoms with Crippen LogP contribution in [0.2, 0.25) is 0 Å². The smallest absolute Gasteiger partial charge is 0.252 e. The first kappa shape index (κ1) is 18.1. The van der Waals surface area contributed by atoms with E-state index in [0.29, 0.717) is 29.4 Å². The number of aromatic nitrogens is 3.